The van der Waals surface area contributed by atoms with Crippen molar-refractivity contribution in [2.45, 2.75) is 46.0 Å². The van der Waals surface area contributed by atoms with Gasteiger partial charge in [0.1, 0.15) is 0 Å². The molecule has 17 heavy (non-hydrogen) atoms. The molecule has 2 aliphatic rings. The van der Waals surface area contributed by atoms with Gasteiger partial charge in [0.05, 0.1) is 0 Å². The lowest BCUT2D eigenvalue weighted by atomic mass is 9.64. The Kier molecular flexibility index (Phi) is 4.02. The maximum Gasteiger partial charge on any atom is 0.222 e. The van der Waals surface area contributed by atoms with Crippen LogP contribution < -0.4 is 0 Å². The Morgan fingerprint density at radius 1 is 1.47 bits per heavy atom. The highest BCUT2D eigenvalue weighted by Crippen LogP contribution is 2.47. The van der Waals surface area contributed by atoms with E-state index in [4.69, 9.17) is 11.6 Å². The number of rotatable bonds is 5. The number of nitrogens with zero attached hydrogens (tertiary/aromatic N) is 1. The molecule has 2 nitrogen and oxygen atoms in total. The molecule has 1 amide bonds. The van der Waals surface area contributed by atoms with Gasteiger partial charge in [0.2, 0.25) is 5.91 Å². The van der Waals surface area contributed by atoms with Crippen LogP contribution in [0.2, 0.25) is 0 Å². The Hall–Kier alpha value is -0.240. The molecule has 0 aromatic carbocycles. The zero-order chi connectivity index (χ0) is 12.5. The number of carbonyl (C=O) groups excluding carboxylic acids is 1. The fraction of sp³-hybridized carbons (Fsp3) is 0.929. The minimum absolute atomic E-state index is 0.325. The standard InChI is InChI=1S/C14H24ClNO/c1-11(2)7-14(4-3-5-14)10-16-9-12(8-15)6-13(16)17/h11-12H,3-10H2,1-2H3. The van der Waals surface area contributed by atoms with E-state index in [-0.39, 0.29) is 0 Å². The highest BCUT2D eigenvalue weighted by Gasteiger charge is 2.41. The molecule has 1 aliphatic heterocycles. The first-order chi connectivity index (χ1) is 8.04. The van der Waals surface area contributed by atoms with Crippen molar-refractivity contribution in [1.82, 2.24) is 4.90 Å². The second-order valence-electron chi connectivity index (χ2n) is 6.45. The zero-order valence-corrected chi connectivity index (χ0v) is 11.8. The van der Waals surface area contributed by atoms with Gasteiger partial charge in [-0.25, -0.2) is 0 Å². The minimum atomic E-state index is 0.325. The Morgan fingerprint density at radius 3 is 2.59 bits per heavy atom. The number of hydrogen-bond donors (Lipinski definition) is 0. The molecule has 0 bridgehead atoms. The van der Waals surface area contributed by atoms with Crippen LogP contribution in [0.25, 0.3) is 0 Å². The largest absolute Gasteiger partial charge is 0.342 e. The minimum Gasteiger partial charge on any atom is -0.342 e. The topological polar surface area (TPSA) is 20.3 Å². The van der Waals surface area contributed by atoms with Gasteiger partial charge in [-0.15, -0.1) is 11.6 Å². The molecular formula is C14H24ClNO. The first kappa shape index (κ1) is 13.2. The molecule has 98 valence electrons. The predicted octanol–water partition coefficient (Wildman–Crippen LogP) is 3.29. The van der Waals surface area contributed by atoms with E-state index < -0.39 is 0 Å². The van der Waals surface area contributed by atoms with E-state index in [0.717, 1.165) is 19.0 Å². The summed E-state index contributed by atoms with van der Waals surface area (Å²) in [4.78, 5) is 14.0. The highest BCUT2D eigenvalue weighted by atomic mass is 35.5. The predicted molar refractivity (Wildman–Crippen MR) is 71.1 cm³/mol. The normalized spacial score (nSPS) is 27.6. The van der Waals surface area contributed by atoms with Gasteiger partial charge in [0, 0.05) is 25.4 Å². The molecule has 0 N–H and O–H groups in total. The second kappa shape index (κ2) is 5.17. The van der Waals surface area contributed by atoms with Crippen molar-refractivity contribution >= 4 is 17.5 Å². The number of alkyl halides is 1. The third kappa shape index (κ3) is 2.96. The smallest absolute Gasteiger partial charge is 0.222 e. The average molecular weight is 258 g/mol. The van der Waals surface area contributed by atoms with E-state index in [1.54, 1.807) is 0 Å². The lowest BCUT2D eigenvalue weighted by molar-refractivity contribution is -0.130. The SMILES string of the molecule is CC(C)CC1(CN2CC(CCl)CC2=O)CCC1. The number of likely N-dealkylation sites (tertiary alicyclic amines) is 1. The van der Waals surface area contributed by atoms with Crippen LogP contribution in [0.4, 0.5) is 0 Å². The van der Waals surface area contributed by atoms with E-state index >= 15 is 0 Å². The van der Waals surface area contributed by atoms with Crippen molar-refractivity contribution in [3.63, 3.8) is 0 Å². The molecule has 0 aromatic rings. The van der Waals surface area contributed by atoms with Gasteiger partial charge in [0.15, 0.2) is 0 Å². The summed E-state index contributed by atoms with van der Waals surface area (Å²) in [6.07, 6.45) is 5.89. The summed E-state index contributed by atoms with van der Waals surface area (Å²) < 4.78 is 0. The summed E-state index contributed by atoms with van der Waals surface area (Å²) in [7, 11) is 0. The van der Waals surface area contributed by atoms with Crippen LogP contribution >= 0.6 is 11.6 Å². The van der Waals surface area contributed by atoms with Crippen molar-refractivity contribution in [2.75, 3.05) is 19.0 Å². The summed E-state index contributed by atoms with van der Waals surface area (Å²) >= 11 is 5.86. The molecule has 1 saturated carbocycles. The maximum atomic E-state index is 11.9. The fourth-order valence-corrected chi connectivity index (χ4v) is 3.69. The quantitative estimate of drug-likeness (QED) is 0.692. The lowest BCUT2D eigenvalue weighted by Gasteiger charge is -2.45. The van der Waals surface area contributed by atoms with Crippen LogP contribution in [0.1, 0.15) is 46.0 Å². The Balaban J connectivity index is 1.93. The zero-order valence-electron chi connectivity index (χ0n) is 11.0. The number of amides is 1. The van der Waals surface area contributed by atoms with Crippen molar-refractivity contribution in [3.8, 4) is 0 Å². The van der Waals surface area contributed by atoms with Crippen LogP contribution in [-0.2, 0) is 4.79 Å². The molecule has 2 rings (SSSR count). The second-order valence-corrected chi connectivity index (χ2v) is 6.76. The molecule has 1 saturated heterocycles. The van der Waals surface area contributed by atoms with Crippen LogP contribution in [0.15, 0.2) is 0 Å². The molecule has 0 aromatic heterocycles. The molecule has 3 heteroatoms. The molecule has 0 spiro atoms. The van der Waals surface area contributed by atoms with Crippen LogP contribution in [0.5, 0.6) is 0 Å². The number of hydrogen-bond acceptors (Lipinski definition) is 1. The van der Waals surface area contributed by atoms with Gasteiger partial charge in [-0.2, -0.15) is 0 Å². The van der Waals surface area contributed by atoms with Crippen LogP contribution in [0.3, 0.4) is 0 Å². The highest BCUT2D eigenvalue weighted by molar-refractivity contribution is 6.18. The number of halogens is 1. The molecule has 0 radical (unpaired) electrons. The molecule has 1 aliphatic carbocycles. The Bertz CT molecular complexity index is 286. The van der Waals surface area contributed by atoms with E-state index in [1.807, 2.05) is 0 Å². The van der Waals surface area contributed by atoms with Crippen molar-refractivity contribution in [2.24, 2.45) is 17.3 Å². The molecule has 1 atom stereocenters. The van der Waals surface area contributed by atoms with Gasteiger partial charge in [0.25, 0.3) is 0 Å². The van der Waals surface area contributed by atoms with E-state index in [9.17, 15) is 4.79 Å². The number of carbonyl (C=O) groups is 1. The first-order valence-electron chi connectivity index (χ1n) is 6.88. The summed E-state index contributed by atoms with van der Waals surface area (Å²) in [5, 5.41) is 0. The molecule has 1 unspecified atom stereocenters. The molecule has 1 heterocycles. The summed E-state index contributed by atoms with van der Waals surface area (Å²) in [6, 6.07) is 0. The third-order valence-electron chi connectivity index (χ3n) is 4.29. The molecular weight excluding hydrogens is 234 g/mol. The lowest BCUT2D eigenvalue weighted by Crippen LogP contribution is -2.43. The Labute approximate surface area is 110 Å². The van der Waals surface area contributed by atoms with Gasteiger partial charge >= 0.3 is 0 Å². The van der Waals surface area contributed by atoms with E-state index in [1.165, 1.54) is 25.7 Å². The van der Waals surface area contributed by atoms with Gasteiger partial charge in [-0.1, -0.05) is 20.3 Å². The van der Waals surface area contributed by atoms with Crippen LogP contribution in [-0.4, -0.2) is 29.8 Å². The summed E-state index contributed by atoms with van der Waals surface area (Å²) in [5.41, 5.74) is 0.436. The fourth-order valence-electron chi connectivity index (χ4n) is 3.48. The first-order valence-corrected chi connectivity index (χ1v) is 7.42. The van der Waals surface area contributed by atoms with E-state index in [2.05, 4.69) is 18.7 Å². The van der Waals surface area contributed by atoms with Crippen molar-refractivity contribution in [3.05, 3.63) is 0 Å². The van der Waals surface area contributed by atoms with E-state index in [0.29, 0.717) is 29.5 Å². The monoisotopic (exact) mass is 257 g/mol. The van der Waals surface area contributed by atoms with Gasteiger partial charge in [-0.3, -0.25) is 4.79 Å². The van der Waals surface area contributed by atoms with Crippen LogP contribution in [0, 0.1) is 17.3 Å². The summed E-state index contributed by atoms with van der Waals surface area (Å²) in [5.74, 6) is 2.07. The third-order valence-corrected chi connectivity index (χ3v) is 4.73. The summed E-state index contributed by atoms with van der Waals surface area (Å²) in [6.45, 7) is 6.44. The Morgan fingerprint density at radius 2 is 2.18 bits per heavy atom. The van der Waals surface area contributed by atoms with Gasteiger partial charge in [-0.05, 0) is 36.5 Å². The maximum absolute atomic E-state index is 11.9. The average Bonchev–Trinajstić information content (AvgIpc) is 2.55. The van der Waals surface area contributed by atoms with Gasteiger partial charge < -0.3 is 4.90 Å². The van der Waals surface area contributed by atoms with Crippen molar-refractivity contribution in [1.29, 1.82) is 0 Å². The van der Waals surface area contributed by atoms with Crippen molar-refractivity contribution < 1.29 is 4.79 Å². The molecule has 2 fully saturated rings.